The van der Waals surface area contributed by atoms with Crippen molar-refractivity contribution in [3.63, 3.8) is 0 Å². The van der Waals surface area contributed by atoms with Crippen molar-refractivity contribution in [2.24, 2.45) is 0 Å². The summed E-state index contributed by atoms with van der Waals surface area (Å²) in [5.74, 6) is -0.888. The molecule has 0 amide bonds. The third-order valence-corrected chi connectivity index (χ3v) is 6.71. The third-order valence-electron chi connectivity index (χ3n) is 6.71. The highest BCUT2D eigenvalue weighted by molar-refractivity contribution is 5.96. The number of carboxylic acids is 2. The van der Waals surface area contributed by atoms with Gasteiger partial charge in [0.1, 0.15) is 5.75 Å². The zero-order valence-corrected chi connectivity index (χ0v) is 22.1. The van der Waals surface area contributed by atoms with E-state index in [2.05, 4.69) is 24.3 Å². The van der Waals surface area contributed by atoms with Crippen LogP contribution in [0.1, 0.15) is 54.4 Å². The highest BCUT2D eigenvalue weighted by Gasteiger charge is 2.14. The second-order valence-corrected chi connectivity index (χ2v) is 9.70. The van der Waals surface area contributed by atoms with E-state index in [0.717, 1.165) is 59.0 Å². The lowest BCUT2D eigenvalue weighted by Crippen LogP contribution is -2.01. The Balaban J connectivity index is 1.36. The number of aryl methyl sites for hydroxylation is 2. The Bertz CT molecular complexity index is 1400. The lowest BCUT2D eigenvalue weighted by Gasteiger charge is -2.07. The smallest absolute Gasteiger partial charge is 0.307 e. The van der Waals surface area contributed by atoms with E-state index in [1.807, 2.05) is 71.4 Å². The summed E-state index contributed by atoms with van der Waals surface area (Å²) in [5.41, 5.74) is 4.95. The normalized spacial score (nSPS) is 11.3. The number of hydrogen-bond acceptors (Lipinski definition) is 3. The zero-order chi connectivity index (χ0) is 27.5. The van der Waals surface area contributed by atoms with Gasteiger partial charge >= 0.3 is 11.9 Å². The van der Waals surface area contributed by atoms with Crippen LogP contribution in [0.5, 0.6) is 5.75 Å². The van der Waals surface area contributed by atoms with Gasteiger partial charge in [-0.1, -0.05) is 66.7 Å². The van der Waals surface area contributed by atoms with E-state index in [1.54, 1.807) is 0 Å². The number of carbonyl (C=O) groups is 2. The molecular weight excluding hydrogens is 490 g/mol. The molecule has 0 atom stereocenters. The van der Waals surface area contributed by atoms with Gasteiger partial charge in [0.05, 0.1) is 13.0 Å². The molecule has 39 heavy (non-hydrogen) atoms. The minimum atomic E-state index is -0.898. The molecule has 1 aromatic heterocycles. The fraction of sp³-hybridized carbons (Fsp3) is 0.273. The summed E-state index contributed by atoms with van der Waals surface area (Å²) >= 11 is 0. The maximum Gasteiger partial charge on any atom is 0.307 e. The number of fused-ring (bicyclic) bond motifs is 1. The molecule has 0 fully saturated rings. The Morgan fingerprint density at radius 2 is 1.59 bits per heavy atom. The molecule has 0 spiro atoms. The van der Waals surface area contributed by atoms with Gasteiger partial charge in [-0.25, -0.2) is 0 Å². The number of aliphatic carboxylic acids is 2. The second kappa shape index (κ2) is 14.0. The molecule has 0 saturated carbocycles. The molecule has 0 saturated heterocycles. The number of rotatable bonds is 15. The number of benzene rings is 3. The summed E-state index contributed by atoms with van der Waals surface area (Å²) in [6.07, 6.45) is 10.7. The maximum atomic E-state index is 11.5. The van der Waals surface area contributed by atoms with Gasteiger partial charge in [0.15, 0.2) is 0 Å². The van der Waals surface area contributed by atoms with Crippen LogP contribution in [0.15, 0.2) is 79.0 Å². The van der Waals surface area contributed by atoms with E-state index in [1.165, 1.54) is 5.56 Å². The Kier molecular flexibility index (Phi) is 9.95. The molecule has 4 aromatic rings. The maximum absolute atomic E-state index is 11.5. The molecule has 0 bridgehead atoms. The highest BCUT2D eigenvalue weighted by Crippen LogP contribution is 2.28. The third kappa shape index (κ3) is 8.34. The van der Waals surface area contributed by atoms with E-state index in [0.29, 0.717) is 19.6 Å². The molecule has 0 unspecified atom stereocenters. The second-order valence-electron chi connectivity index (χ2n) is 9.70. The van der Waals surface area contributed by atoms with Crippen LogP contribution in [0.4, 0.5) is 0 Å². The first-order chi connectivity index (χ1) is 19.0. The molecule has 0 radical (unpaired) electrons. The van der Waals surface area contributed by atoms with Crippen LogP contribution < -0.4 is 4.74 Å². The van der Waals surface area contributed by atoms with Crippen molar-refractivity contribution in [3.8, 4) is 5.75 Å². The largest absolute Gasteiger partial charge is 0.494 e. The van der Waals surface area contributed by atoms with Crippen LogP contribution in [0.25, 0.3) is 23.1 Å². The lowest BCUT2D eigenvalue weighted by molar-refractivity contribution is -0.137. The van der Waals surface area contributed by atoms with Gasteiger partial charge in [-0.3, -0.25) is 9.59 Å². The van der Waals surface area contributed by atoms with Crippen LogP contribution in [-0.2, 0) is 29.0 Å². The Morgan fingerprint density at radius 3 is 2.33 bits per heavy atom. The number of nitrogens with zero attached hydrogens (tertiary/aromatic N) is 1. The standard InChI is InChI=1S/C33H35NO5/c35-31(36)14-8-21-34-24-28(23-32(37)38)33-27(12-7-13-30(33)34)18-15-26-16-19-29(20-17-26)39-22-6-2-5-11-25-9-3-1-4-10-25/h1,3-4,7,9-10,12-13,15-20,24H,2,5-6,8,11,14,21-23H2,(H,35,36)(H,37,38). The number of unbranched alkanes of at least 4 members (excludes halogenated alkanes) is 2. The molecule has 202 valence electrons. The van der Waals surface area contributed by atoms with Crippen LogP contribution in [0.3, 0.4) is 0 Å². The van der Waals surface area contributed by atoms with Crippen molar-refractivity contribution in [1.29, 1.82) is 0 Å². The number of aromatic nitrogens is 1. The van der Waals surface area contributed by atoms with Gasteiger partial charge in [-0.05, 0) is 72.6 Å². The van der Waals surface area contributed by atoms with Gasteiger partial charge in [0, 0.05) is 30.1 Å². The van der Waals surface area contributed by atoms with Crippen LogP contribution in [-0.4, -0.2) is 33.3 Å². The van der Waals surface area contributed by atoms with E-state index >= 15 is 0 Å². The molecule has 0 aliphatic rings. The van der Waals surface area contributed by atoms with Gasteiger partial charge in [-0.2, -0.15) is 0 Å². The zero-order valence-electron chi connectivity index (χ0n) is 22.1. The number of hydrogen-bond donors (Lipinski definition) is 2. The topological polar surface area (TPSA) is 88.8 Å². The summed E-state index contributed by atoms with van der Waals surface area (Å²) in [7, 11) is 0. The summed E-state index contributed by atoms with van der Waals surface area (Å²) in [6.45, 7) is 1.21. The molecule has 4 rings (SSSR count). The average Bonchev–Trinajstić information content (AvgIpc) is 3.27. The molecule has 3 aromatic carbocycles. The monoisotopic (exact) mass is 525 g/mol. The summed E-state index contributed by atoms with van der Waals surface area (Å²) in [4.78, 5) is 22.4. The molecule has 6 heteroatoms. The molecular formula is C33H35NO5. The van der Waals surface area contributed by atoms with E-state index in [9.17, 15) is 14.7 Å². The Hall–Kier alpha value is -4.32. The first-order valence-corrected chi connectivity index (χ1v) is 13.5. The number of carboxylic acid groups (broad SMARTS) is 2. The average molecular weight is 526 g/mol. The summed E-state index contributed by atoms with van der Waals surface area (Å²) in [6, 6.07) is 24.4. The minimum absolute atomic E-state index is 0.0709. The SMILES string of the molecule is O=C(O)CCCn1cc(CC(=O)O)c2c(C=Cc3ccc(OCCCCCc4ccccc4)cc3)cccc21. The summed E-state index contributed by atoms with van der Waals surface area (Å²) in [5, 5.41) is 19.3. The van der Waals surface area contributed by atoms with Gasteiger partial charge in [0.25, 0.3) is 0 Å². The van der Waals surface area contributed by atoms with Crippen molar-refractivity contribution in [2.75, 3.05) is 6.61 Å². The molecule has 1 heterocycles. The van der Waals surface area contributed by atoms with Crippen molar-refractivity contribution in [1.82, 2.24) is 4.57 Å². The lowest BCUT2D eigenvalue weighted by atomic mass is 10.0. The molecule has 0 aliphatic carbocycles. The first-order valence-electron chi connectivity index (χ1n) is 13.5. The fourth-order valence-corrected chi connectivity index (χ4v) is 4.79. The van der Waals surface area contributed by atoms with Crippen molar-refractivity contribution in [3.05, 3.63) is 101 Å². The first kappa shape index (κ1) is 27.7. The molecule has 0 aliphatic heterocycles. The predicted molar refractivity (Wildman–Crippen MR) is 155 cm³/mol. The fourth-order valence-electron chi connectivity index (χ4n) is 4.79. The van der Waals surface area contributed by atoms with Crippen LogP contribution in [0.2, 0.25) is 0 Å². The van der Waals surface area contributed by atoms with Crippen LogP contribution >= 0.6 is 0 Å². The summed E-state index contributed by atoms with van der Waals surface area (Å²) < 4.78 is 7.88. The molecule has 2 N–H and O–H groups in total. The Labute approximate surface area is 229 Å². The van der Waals surface area contributed by atoms with Crippen molar-refractivity contribution < 1.29 is 24.5 Å². The quantitative estimate of drug-likeness (QED) is 0.128. The minimum Gasteiger partial charge on any atom is -0.494 e. The van der Waals surface area contributed by atoms with Gasteiger partial charge < -0.3 is 19.5 Å². The highest BCUT2D eigenvalue weighted by atomic mass is 16.5. The Morgan fingerprint density at radius 1 is 0.795 bits per heavy atom. The van der Waals surface area contributed by atoms with E-state index in [4.69, 9.17) is 9.84 Å². The van der Waals surface area contributed by atoms with E-state index in [-0.39, 0.29) is 12.8 Å². The van der Waals surface area contributed by atoms with Crippen LogP contribution in [0, 0.1) is 0 Å². The van der Waals surface area contributed by atoms with Gasteiger partial charge in [-0.15, -0.1) is 0 Å². The van der Waals surface area contributed by atoms with Gasteiger partial charge in [0.2, 0.25) is 0 Å². The molecule has 6 nitrogen and oxygen atoms in total. The number of ether oxygens (including phenoxy) is 1. The van der Waals surface area contributed by atoms with E-state index < -0.39 is 11.9 Å². The van der Waals surface area contributed by atoms with Crippen molar-refractivity contribution in [2.45, 2.75) is 51.5 Å². The van der Waals surface area contributed by atoms with Crippen molar-refractivity contribution >= 4 is 35.0 Å². The predicted octanol–water partition coefficient (Wildman–Crippen LogP) is 7.10.